The van der Waals surface area contributed by atoms with E-state index in [9.17, 15) is 0 Å². The molecule has 3 rings (SSSR count). The highest BCUT2D eigenvalue weighted by Gasteiger charge is 2.07. The van der Waals surface area contributed by atoms with Crippen molar-refractivity contribution in [2.24, 2.45) is 0 Å². The van der Waals surface area contributed by atoms with Crippen LogP contribution in [0.5, 0.6) is 11.5 Å². The van der Waals surface area contributed by atoms with E-state index in [4.69, 9.17) is 9.47 Å². The lowest BCUT2D eigenvalue weighted by molar-refractivity contribution is 0.0727. The first kappa shape index (κ1) is 17.2. The monoisotopic (exact) mass is 333 g/mol. The van der Waals surface area contributed by atoms with E-state index in [-0.39, 0.29) is 6.23 Å². The Bertz CT molecular complexity index is 742. The molecular formula is C22H23NO2. The Hall–Kier alpha value is -2.62. The summed E-state index contributed by atoms with van der Waals surface area (Å²) in [6, 6.07) is 28.3. The van der Waals surface area contributed by atoms with Crippen molar-refractivity contribution in [1.82, 2.24) is 5.32 Å². The SMILES string of the molecule is COC(Cc1ccccc1)NCc1ccc(Oc2ccccc2)cc1. The average molecular weight is 333 g/mol. The van der Waals surface area contributed by atoms with Gasteiger partial charge in [0.15, 0.2) is 0 Å². The topological polar surface area (TPSA) is 30.5 Å². The molecule has 0 fully saturated rings. The number of hydrogen-bond acceptors (Lipinski definition) is 3. The first-order valence-corrected chi connectivity index (χ1v) is 8.45. The second kappa shape index (κ2) is 9.02. The zero-order valence-corrected chi connectivity index (χ0v) is 14.4. The summed E-state index contributed by atoms with van der Waals surface area (Å²) in [5.74, 6) is 1.68. The Morgan fingerprint density at radius 3 is 1.96 bits per heavy atom. The molecular weight excluding hydrogens is 310 g/mol. The molecule has 0 radical (unpaired) electrons. The molecule has 3 aromatic rings. The van der Waals surface area contributed by atoms with E-state index >= 15 is 0 Å². The molecule has 0 aliphatic heterocycles. The fraction of sp³-hybridized carbons (Fsp3) is 0.182. The minimum atomic E-state index is -0.0114. The van der Waals surface area contributed by atoms with Crippen molar-refractivity contribution in [2.75, 3.05) is 7.11 Å². The normalized spacial score (nSPS) is 11.9. The Balaban J connectivity index is 1.52. The number of ether oxygens (including phenoxy) is 2. The van der Waals surface area contributed by atoms with E-state index in [1.165, 1.54) is 11.1 Å². The minimum Gasteiger partial charge on any atom is -0.457 e. The van der Waals surface area contributed by atoms with Gasteiger partial charge in [0.1, 0.15) is 17.7 Å². The summed E-state index contributed by atoms with van der Waals surface area (Å²) in [4.78, 5) is 0. The molecule has 0 aromatic heterocycles. The highest BCUT2D eigenvalue weighted by molar-refractivity contribution is 5.32. The van der Waals surface area contributed by atoms with E-state index in [0.29, 0.717) is 0 Å². The number of nitrogens with one attached hydrogen (secondary N) is 1. The molecule has 3 nitrogen and oxygen atoms in total. The van der Waals surface area contributed by atoms with Crippen LogP contribution in [0.1, 0.15) is 11.1 Å². The fourth-order valence-corrected chi connectivity index (χ4v) is 2.60. The van der Waals surface area contributed by atoms with Crippen molar-refractivity contribution in [3.63, 3.8) is 0 Å². The molecule has 128 valence electrons. The summed E-state index contributed by atoms with van der Waals surface area (Å²) in [6.07, 6.45) is 0.828. The lowest BCUT2D eigenvalue weighted by Gasteiger charge is -2.17. The third-order valence-electron chi connectivity index (χ3n) is 3.98. The quantitative estimate of drug-likeness (QED) is 0.602. The van der Waals surface area contributed by atoms with Gasteiger partial charge in [0, 0.05) is 20.1 Å². The summed E-state index contributed by atoms with van der Waals surface area (Å²) >= 11 is 0. The number of benzene rings is 3. The maximum Gasteiger partial charge on any atom is 0.127 e. The Morgan fingerprint density at radius 2 is 1.32 bits per heavy atom. The third kappa shape index (κ3) is 5.45. The summed E-state index contributed by atoms with van der Waals surface area (Å²) in [6.45, 7) is 0.747. The van der Waals surface area contributed by atoms with E-state index in [2.05, 4.69) is 29.6 Å². The highest BCUT2D eigenvalue weighted by Crippen LogP contribution is 2.21. The molecule has 3 aromatic carbocycles. The molecule has 0 saturated carbocycles. The molecule has 0 heterocycles. The van der Waals surface area contributed by atoms with Gasteiger partial charge in [-0.1, -0.05) is 60.7 Å². The van der Waals surface area contributed by atoms with Crippen LogP contribution in [0.3, 0.4) is 0 Å². The first-order chi connectivity index (χ1) is 12.3. The van der Waals surface area contributed by atoms with Crippen LogP contribution in [-0.4, -0.2) is 13.3 Å². The number of hydrogen-bond donors (Lipinski definition) is 1. The molecule has 0 spiro atoms. The van der Waals surface area contributed by atoms with Crippen LogP contribution < -0.4 is 10.1 Å². The van der Waals surface area contributed by atoms with Gasteiger partial charge >= 0.3 is 0 Å². The second-order valence-electron chi connectivity index (χ2n) is 5.85. The second-order valence-corrected chi connectivity index (χ2v) is 5.85. The predicted octanol–water partition coefficient (Wildman–Crippen LogP) is 4.78. The van der Waals surface area contributed by atoms with Gasteiger partial charge in [0.2, 0.25) is 0 Å². The van der Waals surface area contributed by atoms with Gasteiger partial charge in [-0.15, -0.1) is 0 Å². The van der Waals surface area contributed by atoms with Crippen molar-refractivity contribution in [1.29, 1.82) is 0 Å². The maximum atomic E-state index is 5.81. The van der Waals surface area contributed by atoms with Crippen LogP contribution in [0.15, 0.2) is 84.9 Å². The van der Waals surface area contributed by atoms with Gasteiger partial charge in [-0.05, 0) is 35.4 Å². The lowest BCUT2D eigenvalue weighted by atomic mass is 10.1. The van der Waals surface area contributed by atoms with Crippen LogP contribution in [0.25, 0.3) is 0 Å². The Morgan fingerprint density at radius 1 is 0.720 bits per heavy atom. The van der Waals surface area contributed by atoms with Crippen LogP contribution >= 0.6 is 0 Å². The Kier molecular flexibility index (Phi) is 6.21. The molecule has 1 atom stereocenters. The van der Waals surface area contributed by atoms with Gasteiger partial charge in [0.05, 0.1) is 0 Å². The molecule has 0 aliphatic rings. The summed E-state index contributed by atoms with van der Waals surface area (Å²) in [7, 11) is 1.73. The fourth-order valence-electron chi connectivity index (χ4n) is 2.60. The van der Waals surface area contributed by atoms with Crippen LogP contribution in [0.2, 0.25) is 0 Å². The third-order valence-corrected chi connectivity index (χ3v) is 3.98. The highest BCUT2D eigenvalue weighted by atomic mass is 16.5. The van der Waals surface area contributed by atoms with E-state index in [1.54, 1.807) is 7.11 Å². The van der Waals surface area contributed by atoms with Crippen LogP contribution in [0, 0.1) is 0 Å². The average Bonchev–Trinajstić information content (AvgIpc) is 2.68. The van der Waals surface area contributed by atoms with Crippen molar-refractivity contribution in [3.05, 3.63) is 96.1 Å². The largest absolute Gasteiger partial charge is 0.457 e. The van der Waals surface area contributed by atoms with Crippen molar-refractivity contribution in [2.45, 2.75) is 19.2 Å². The number of methoxy groups -OCH3 is 1. The molecule has 1 N–H and O–H groups in total. The van der Waals surface area contributed by atoms with Gasteiger partial charge in [-0.25, -0.2) is 0 Å². The summed E-state index contributed by atoms with van der Waals surface area (Å²) in [5, 5.41) is 3.44. The van der Waals surface area contributed by atoms with Crippen LogP contribution in [0.4, 0.5) is 0 Å². The molecule has 3 heteroatoms. The van der Waals surface area contributed by atoms with Gasteiger partial charge in [-0.3, -0.25) is 5.32 Å². The van der Waals surface area contributed by atoms with E-state index in [1.807, 2.05) is 60.7 Å². The van der Waals surface area contributed by atoms with Crippen molar-refractivity contribution in [3.8, 4) is 11.5 Å². The molecule has 0 aliphatic carbocycles. The Labute approximate surface area is 149 Å². The van der Waals surface area contributed by atoms with E-state index in [0.717, 1.165) is 24.5 Å². The van der Waals surface area contributed by atoms with Gasteiger partial charge in [0.25, 0.3) is 0 Å². The first-order valence-electron chi connectivity index (χ1n) is 8.45. The standard InChI is InChI=1S/C22H23NO2/c1-24-22(16-18-8-4-2-5-9-18)23-17-19-12-14-21(15-13-19)25-20-10-6-3-7-11-20/h2-15,22-23H,16-17H2,1H3. The smallest absolute Gasteiger partial charge is 0.127 e. The number of rotatable bonds is 8. The predicted molar refractivity (Wildman–Crippen MR) is 101 cm³/mol. The molecule has 25 heavy (non-hydrogen) atoms. The summed E-state index contributed by atoms with van der Waals surface area (Å²) in [5.41, 5.74) is 2.45. The van der Waals surface area contributed by atoms with Crippen molar-refractivity contribution >= 4 is 0 Å². The summed E-state index contributed by atoms with van der Waals surface area (Å²) < 4.78 is 11.4. The van der Waals surface area contributed by atoms with Gasteiger partial charge in [-0.2, -0.15) is 0 Å². The molecule has 0 amide bonds. The molecule has 0 bridgehead atoms. The van der Waals surface area contributed by atoms with Crippen LogP contribution in [-0.2, 0) is 17.7 Å². The zero-order valence-electron chi connectivity index (χ0n) is 14.4. The maximum absolute atomic E-state index is 5.81. The van der Waals surface area contributed by atoms with Crippen molar-refractivity contribution < 1.29 is 9.47 Å². The minimum absolute atomic E-state index is 0.0114. The van der Waals surface area contributed by atoms with Gasteiger partial charge < -0.3 is 9.47 Å². The molecule has 0 saturated heterocycles. The molecule has 1 unspecified atom stereocenters. The zero-order chi connectivity index (χ0) is 17.3. The lowest BCUT2D eigenvalue weighted by Crippen LogP contribution is -2.32. The van der Waals surface area contributed by atoms with E-state index < -0.39 is 0 Å². The number of para-hydroxylation sites is 1.